The number of hydrogen-bond donors (Lipinski definition) is 3. The van der Waals surface area contributed by atoms with Crippen molar-refractivity contribution in [2.45, 2.75) is 19.4 Å². The van der Waals surface area contributed by atoms with Gasteiger partial charge in [0.1, 0.15) is 17.0 Å². The van der Waals surface area contributed by atoms with Crippen molar-refractivity contribution in [1.82, 2.24) is 5.32 Å². The number of terminal acetylenes is 1. The number of ether oxygens (including phenoxy) is 1. The van der Waals surface area contributed by atoms with Crippen LogP contribution in [-0.4, -0.2) is 29.3 Å². The second kappa shape index (κ2) is 6.12. The summed E-state index contributed by atoms with van der Waals surface area (Å²) < 4.78 is 5.00. The van der Waals surface area contributed by atoms with E-state index in [2.05, 4.69) is 11.2 Å². The van der Waals surface area contributed by atoms with E-state index >= 15 is 0 Å². The highest BCUT2D eigenvalue weighted by atomic mass is 16.5. The molecule has 0 radical (unpaired) electrons. The summed E-state index contributed by atoms with van der Waals surface area (Å²) in [4.78, 5) is 12.1. The van der Waals surface area contributed by atoms with Crippen molar-refractivity contribution in [1.29, 1.82) is 0 Å². The maximum atomic E-state index is 12.1. The van der Waals surface area contributed by atoms with Crippen LogP contribution in [0.4, 0.5) is 0 Å². The van der Waals surface area contributed by atoms with Crippen LogP contribution in [0.25, 0.3) is 0 Å². The SMILES string of the molecule is C#CCNC(C)(C(=O)OCC)c1cc(O)cc(O)c1. The lowest BCUT2D eigenvalue weighted by Crippen LogP contribution is -2.47. The lowest BCUT2D eigenvalue weighted by Gasteiger charge is -2.28. The molecule has 0 aliphatic heterocycles. The minimum absolute atomic E-state index is 0.145. The third kappa shape index (κ3) is 3.39. The van der Waals surface area contributed by atoms with Crippen molar-refractivity contribution in [2.24, 2.45) is 0 Å². The van der Waals surface area contributed by atoms with Crippen LogP contribution in [0.5, 0.6) is 11.5 Å². The molecule has 0 saturated carbocycles. The van der Waals surface area contributed by atoms with Gasteiger partial charge in [-0.15, -0.1) is 6.42 Å². The lowest BCUT2D eigenvalue weighted by molar-refractivity contribution is -0.150. The zero-order valence-electron chi connectivity index (χ0n) is 10.9. The highest BCUT2D eigenvalue weighted by Gasteiger charge is 2.36. The van der Waals surface area contributed by atoms with Gasteiger partial charge in [0.2, 0.25) is 0 Å². The topological polar surface area (TPSA) is 78.8 Å². The summed E-state index contributed by atoms with van der Waals surface area (Å²) >= 11 is 0. The zero-order valence-corrected chi connectivity index (χ0v) is 10.9. The number of phenolic OH excluding ortho intramolecular Hbond substituents is 2. The Morgan fingerprint density at radius 2 is 2.00 bits per heavy atom. The molecule has 0 saturated heterocycles. The molecule has 0 aliphatic carbocycles. The molecule has 1 aromatic rings. The molecule has 0 aromatic heterocycles. The number of aromatic hydroxyl groups is 2. The van der Waals surface area contributed by atoms with E-state index in [4.69, 9.17) is 11.2 Å². The first-order chi connectivity index (χ1) is 8.93. The predicted molar refractivity (Wildman–Crippen MR) is 70.6 cm³/mol. The monoisotopic (exact) mass is 263 g/mol. The van der Waals surface area contributed by atoms with E-state index in [0.29, 0.717) is 5.56 Å². The Kier molecular flexibility index (Phi) is 4.79. The van der Waals surface area contributed by atoms with Gasteiger partial charge in [0.25, 0.3) is 0 Å². The van der Waals surface area contributed by atoms with E-state index in [0.717, 1.165) is 0 Å². The van der Waals surface area contributed by atoms with Crippen molar-refractivity contribution in [3.8, 4) is 23.8 Å². The van der Waals surface area contributed by atoms with Gasteiger partial charge in [-0.25, -0.2) is 4.79 Å². The number of nitrogens with one attached hydrogen (secondary N) is 1. The summed E-state index contributed by atoms with van der Waals surface area (Å²) in [7, 11) is 0. The normalized spacial score (nSPS) is 13.3. The Labute approximate surface area is 112 Å². The summed E-state index contributed by atoms with van der Waals surface area (Å²) in [5.74, 6) is 1.55. The highest BCUT2D eigenvalue weighted by molar-refractivity contribution is 5.82. The molecule has 1 atom stereocenters. The second-order valence-corrected chi connectivity index (χ2v) is 4.14. The molecule has 0 heterocycles. The Bertz CT molecular complexity index is 486. The van der Waals surface area contributed by atoms with Gasteiger partial charge in [-0.05, 0) is 31.5 Å². The second-order valence-electron chi connectivity index (χ2n) is 4.14. The van der Waals surface area contributed by atoms with Crippen LogP contribution < -0.4 is 5.32 Å². The van der Waals surface area contributed by atoms with Gasteiger partial charge in [-0.2, -0.15) is 0 Å². The summed E-state index contributed by atoms with van der Waals surface area (Å²) in [6, 6.07) is 3.93. The van der Waals surface area contributed by atoms with Crippen LogP contribution in [0.3, 0.4) is 0 Å². The first-order valence-electron chi connectivity index (χ1n) is 5.83. The van der Waals surface area contributed by atoms with Crippen LogP contribution in [0.2, 0.25) is 0 Å². The summed E-state index contributed by atoms with van der Waals surface area (Å²) in [5, 5.41) is 21.9. The van der Waals surface area contributed by atoms with E-state index in [9.17, 15) is 15.0 Å². The molecule has 0 aliphatic rings. The van der Waals surface area contributed by atoms with Gasteiger partial charge in [0.05, 0.1) is 13.2 Å². The quantitative estimate of drug-likeness (QED) is 0.547. The molecule has 0 spiro atoms. The smallest absolute Gasteiger partial charge is 0.330 e. The van der Waals surface area contributed by atoms with Crippen molar-refractivity contribution >= 4 is 5.97 Å². The molecule has 1 unspecified atom stereocenters. The van der Waals surface area contributed by atoms with E-state index in [1.165, 1.54) is 18.2 Å². The Balaban J connectivity index is 3.22. The third-order valence-electron chi connectivity index (χ3n) is 2.71. The Hall–Kier alpha value is -2.19. The molecular weight excluding hydrogens is 246 g/mol. The van der Waals surface area contributed by atoms with Gasteiger partial charge in [-0.1, -0.05) is 5.92 Å². The van der Waals surface area contributed by atoms with Gasteiger partial charge in [-0.3, -0.25) is 5.32 Å². The van der Waals surface area contributed by atoms with Crippen LogP contribution in [0.15, 0.2) is 18.2 Å². The standard InChI is InChI=1S/C14H17NO4/c1-4-6-15-14(3,13(18)19-5-2)10-7-11(16)9-12(17)8-10/h1,7-9,15-17H,5-6H2,2-3H3. The van der Waals surface area contributed by atoms with Crippen molar-refractivity contribution in [3.05, 3.63) is 23.8 Å². The number of carbonyl (C=O) groups excluding carboxylic acids is 1. The maximum Gasteiger partial charge on any atom is 0.330 e. The largest absolute Gasteiger partial charge is 0.508 e. The number of hydrogen-bond acceptors (Lipinski definition) is 5. The number of rotatable bonds is 5. The van der Waals surface area contributed by atoms with E-state index in [1.807, 2.05) is 0 Å². The highest BCUT2D eigenvalue weighted by Crippen LogP contribution is 2.29. The fourth-order valence-corrected chi connectivity index (χ4v) is 1.68. The third-order valence-corrected chi connectivity index (χ3v) is 2.71. The fraction of sp³-hybridized carbons (Fsp3) is 0.357. The summed E-state index contributed by atoms with van der Waals surface area (Å²) in [5.41, 5.74) is -0.864. The number of phenols is 2. The van der Waals surface area contributed by atoms with Crippen LogP contribution in [0, 0.1) is 12.3 Å². The van der Waals surface area contributed by atoms with Crippen LogP contribution in [0.1, 0.15) is 19.4 Å². The molecule has 3 N–H and O–H groups in total. The van der Waals surface area contributed by atoms with E-state index in [-0.39, 0.29) is 24.7 Å². The summed E-state index contributed by atoms with van der Waals surface area (Å²) in [6.07, 6.45) is 5.18. The first-order valence-corrected chi connectivity index (χ1v) is 5.83. The van der Waals surface area contributed by atoms with Gasteiger partial charge >= 0.3 is 5.97 Å². The molecule has 0 bridgehead atoms. The van der Waals surface area contributed by atoms with Gasteiger partial charge < -0.3 is 14.9 Å². The molecule has 19 heavy (non-hydrogen) atoms. The molecule has 0 amide bonds. The average Bonchev–Trinajstić information content (AvgIpc) is 2.35. The molecule has 1 aromatic carbocycles. The minimum Gasteiger partial charge on any atom is -0.508 e. The van der Waals surface area contributed by atoms with Gasteiger partial charge in [0.15, 0.2) is 0 Å². The molecule has 1 rings (SSSR count). The van der Waals surface area contributed by atoms with Crippen molar-refractivity contribution in [3.63, 3.8) is 0 Å². The number of benzene rings is 1. The first kappa shape index (κ1) is 14.9. The van der Waals surface area contributed by atoms with Crippen molar-refractivity contribution in [2.75, 3.05) is 13.2 Å². The molecule has 5 heteroatoms. The Morgan fingerprint density at radius 1 is 1.42 bits per heavy atom. The lowest BCUT2D eigenvalue weighted by atomic mass is 9.91. The zero-order chi connectivity index (χ0) is 14.5. The molecular formula is C14H17NO4. The number of esters is 1. The van der Waals surface area contributed by atoms with Gasteiger partial charge in [0, 0.05) is 6.07 Å². The van der Waals surface area contributed by atoms with E-state index < -0.39 is 11.5 Å². The average molecular weight is 263 g/mol. The molecule has 0 fully saturated rings. The summed E-state index contributed by atoms with van der Waals surface area (Å²) in [6.45, 7) is 3.64. The van der Waals surface area contributed by atoms with E-state index in [1.54, 1.807) is 13.8 Å². The Morgan fingerprint density at radius 3 is 2.47 bits per heavy atom. The van der Waals surface area contributed by atoms with Crippen LogP contribution >= 0.6 is 0 Å². The predicted octanol–water partition coefficient (Wildman–Crippen LogP) is 1.10. The molecule has 5 nitrogen and oxygen atoms in total. The fourth-order valence-electron chi connectivity index (χ4n) is 1.68. The maximum absolute atomic E-state index is 12.1. The van der Waals surface area contributed by atoms with Crippen molar-refractivity contribution < 1.29 is 19.7 Å². The molecule has 102 valence electrons. The number of carbonyl (C=O) groups is 1. The van der Waals surface area contributed by atoms with Crippen LogP contribution in [-0.2, 0) is 15.1 Å². The minimum atomic E-state index is -1.24.